The van der Waals surface area contributed by atoms with Crippen molar-refractivity contribution in [1.29, 1.82) is 0 Å². The lowest BCUT2D eigenvalue weighted by atomic mass is 10.5. The lowest BCUT2D eigenvalue weighted by Gasteiger charge is -1.79. The topological polar surface area (TPSA) is 17.8 Å². The molecular weight excluding hydrogens is 124 g/mol. The minimum absolute atomic E-state index is 0.618. The summed E-state index contributed by atoms with van der Waals surface area (Å²) in [5.74, 6) is 0. The van der Waals surface area contributed by atoms with Gasteiger partial charge in [-0.2, -0.15) is 5.10 Å². The van der Waals surface area contributed by atoms with Gasteiger partial charge in [-0.1, -0.05) is 11.6 Å². The third-order valence-electron chi connectivity index (χ3n) is 0.854. The Bertz CT molecular complexity index is 173. The summed E-state index contributed by atoms with van der Waals surface area (Å²) in [6, 6.07) is 0. The second kappa shape index (κ2) is 1.78. The van der Waals surface area contributed by atoms with E-state index in [0.717, 1.165) is 0 Å². The van der Waals surface area contributed by atoms with E-state index in [2.05, 4.69) is 12.0 Å². The van der Waals surface area contributed by atoms with Gasteiger partial charge in [0.25, 0.3) is 0 Å². The van der Waals surface area contributed by atoms with Crippen molar-refractivity contribution in [2.75, 3.05) is 0 Å². The van der Waals surface area contributed by atoms with Crippen LogP contribution in [0.4, 0.5) is 0 Å². The van der Waals surface area contributed by atoms with Gasteiger partial charge in [-0.25, -0.2) is 0 Å². The average molecular weight is 130 g/mol. The molecule has 1 aromatic heterocycles. The van der Waals surface area contributed by atoms with Crippen molar-refractivity contribution in [3.8, 4) is 0 Å². The summed E-state index contributed by atoms with van der Waals surface area (Å²) in [5, 5.41) is 4.50. The number of aromatic nitrogens is 2. The molecular formula is C5H6ClN2. The van der Waals surface area contributed by atoms with Gasteiger partial charge in [0.15, 0.2) is 0 Å². The van der Waals surface area contributed by atoms with Crippen molar-refractivity contribution in [2.24, 2.45) is 7.05 Å². The fourth-order valence-corrected chi connectivity index (χ4v) is 0.685. The smallest absolute Gasteiger partial charge is 0.0817 e. The molecule has 0 atom stereocenters. The lowest BCUT2D eigenvalue weighted by molar-refractivity contribution is 0.762. The van der Waals surface area contributed by atoms with E-state index in [4.69, 9.17) is 11.6 Å². The van der Waals surface area contributed by atoms with E-state index < -0.39 is 0 Å². The first-order valence-electron chi connectivity index (χ1n) is 2.21. The Kier molecular flexibility index (Phi) is 1.26. The van der Waals surface area contributed by atoms with E-state index in [0.29, 0.717) is 10.7 Å². The lowest BCUT2D eigenvalue weighted by Crippen LogP contribution is -1.86. The van der Waals surface area contributed by atoms with Gasteiger partial charge in [-0.15, -0.1) is 0 Å². The maximum Gasteiger partial charge on any atom is 0.0817 e. The van der Waals surface area contributed by atoms with Crippen molar-refractivity contribution in [3.63, 3.8) is 0 Å². The van der Waals surface area contributed by atoms with Crippen LogP contribution in [-0.4, -0.2) is 9.78 Å². The van der Waals surface area contributed by atoms with E-state index in [1.165, 1.54) is 0 Å². The van der Waals surface area contributed by atoms with Crippen LogP contribution in [-0.2, 0) is 7.05 Å². The molecule has 2 nitrogen and oxygen atoms in total. The minimum Gasteiger partial charge on any atom is -0.274 e. The van der Waals surface area contributed by atoms with E-state index in [9.17, 15) is 0 Å². The molecule has 0 bridgehead atoms. The van der Waals surface area contributed by atoms with Gasteiger partial charge in [-0.3, -0.25) is 4.68 Å². The number of hydrogen-bond acceptors (Lipinski definition) is 1. The van der Waals surface area contributed by atoms with E-state index >= 15 is 0 Å². The zero-order chi connectivity index (χ0) is 6.15. The van der Waals surface area contributed by atoms with E-state index in [1.54, 1.807) is 17.9 Å². The first-order chi connectivity index (χ1) is 3.70. The fourth-order valence-electron chi connectivity index (χ4n) is 0.506. The summed E-state index contributed by atoms with van der Waals surface area (Å²) in [6.07, 6.45) is 1.71. The van der Waals surface area contributed by atoms with Gasteiger partial charge in [0, 0.05) is 13.2 Å². The summed E-state index contributed by atoms with van der Waals surface area (Å²) in [7, 11) is 1.81. The molecule has 0 amide bonds. The summed E-state index contributed by atoms with van der Waals surface area (Å²) in [4.78, 5) is 0. The van der Waals surface area contributed by atoms with Gasteiger partial charge in [0.05, 0.1) is 10.7 Å². The van der Waals surface area contributed by atoms with Crippen molar-refractivity contribution in [3.05, 3.63) is 23.8 Å². The third kappa shape index (κ3) is 0.842. The molecule has 1 rings (SSSR count). The Morgan fingerprint density at radius 1 is 1.88 bits per heavy atom. The number of nitrogens with zero attached hydrogens (tertiary/aromatic N) is 2. The molecule has 3 heteroatoms. The van der Waals surface area contributed by atoms with Crippen LogP contribution in [0.3, 0.4) is 0 Å². The molecule has 0 unspecified atom stereocenters. The molecule has 0 fully saturated rings. The summed E-state index contributed by atoms with van der Waals surface area (Å²) in [5.41, 5.74) is 0.633. The SMILES string of the molecule is [CH2]c1nn(C)cc1Cl. The molecule has 0 aromatic carbocycles. The zero-order valence-electron chi connectivity index (χ0n) is 4.56. The quantitative estimate of drug-likeness (QED) is 0.516. The van der Waals surface area contributed by atoms with Gasteiger partial charge in [0.1, 0.15) is 0 Å². The summed E-state index contributed by atoms with van der Waals surface area (Å²) < 4.78 is 1.63. The molecule has 0 saturated carbocycles. The molecule has 0 spiro atoms. The molecule has 0 aliphatic rings. The molecule has 1 radical (unpaired) electrons. The monoisotopic (exact) mass is 129 g/mol. The first-order valence-corrected chi connectivity index (χ1v) is 2.59. The number of rotatable bonds is 0. The van der Waals surface area contributed by atoms with Gasteiger partial charge in [0.2, 0.25) is 0 Å². The maximum absolute atomic E-state index is 5.58. The Morgan fingerprint density at radius 3 is 2.62 bits per heavy atom. The van der Waals surface area contributed by atoms with Crippen LogP contribution < -0.4 is 0 Å². The highest BCUT2D eigenvalue weighted by Gasteiger charge is 1.95. The Morgan fingerprint density at radius 2 is 2.50 bits per heavy atom. The van der Waals surface area contributed by atoms with Crippen LogP contribution in [0.25, 0.3) is 0 Å². The van der Waals surface area contributed by atoms with Gasteiger partial charge in [-0.05, 0) is 6.92 Å². The predicted octanol–water partition coefficient (Wildman–Crippen LogP) is 1.26. The van der Waals surface area contributed by atoms with Crippen molar-refractivity contribution >= 4 is 11.6 Å². The largest absolute Gasteiger partial charge is 0.274 e. The van der Waals surface area contributed by atoms with Crippen LogP contribution in [0, 0.1) is 6.92 Å². The minimum atomic E-state index is 0.618. The molecule has 8 heavy (non-hydrogen) atoms. The highest BCUT2D eigenvalue weighted by atomic mass is 35.5. The molecule has 1 aromatic rings. The highest BCUT2D eigenvalue weighted by molar-refractivity contribution is 6.31. The molecule has 0 aliphatic heterocycles. The number of aryl methyl sites for hydroxylation is 1. The zero-order valence-corrected chi connectivity index (χ0v) is 5.31. The highest BCUT2D eigenvalue weighted by Crippen LogP contribution is 2.09. The third-order valence-corrected chi connectivity index (χ3v) is 1.17. The Hall–Kier alpha value is -0.500. The summed E-state index contributed by atoms with van der Waals surface area (Å²) in [6.45, 7) is 3.58. The van der Waals surface area contributed by atoms with Crippen molar-refractivity contribution in [1.82, 2.24) is 9.78 Å². The van der Waals surface area contributed by atoms with Crippen LogP contribution in [0.1, 0.15) is 5.69 Å². The molecule has 0 N–H and O–H groups in total. The standard InChI is InChI=1S/C5H6ClN2/c1-4-5(6)3-8(2)7-4/h3H,1H2,2H3. The van der Waals surface area contributed by atoms with Crippen molar-refractivity contribution < 1.29 is 0 Å². The van der Waals surface area contributed by atoms with Crippen LogP contribution >= 0.6 is 11.6 Å². The first kappa shape index (κ1) is 5.63. The van der Waals surface area contributed by atoms with Crippen molar-refractivity contribution in [2.45, 2.75) is 0 Å². The maximum atomic E-state index is 5.58. The van der Waals surface area contributed by atoms with E-state index in [1.807, 2.05) is 0 Å². The Labute approximate surface area is 53.1 Å². The average Bonchev–Trinajstić information content (AvgIpc) is 1.85. The molecule has 1 heterocycles. The predicted molar refractivity (Wildman–Crippen MR) is 32.7 cm³/mol. The second-order valence-electron chi connectivity index (χ2n) is 1.60. The number of hydrogen-bond donors (Lipinski definition) is 0. The molecule has 0 saturated heterocycles. The van der Waals surface area contributed by atoms with E-state index in [-0.39, 0.29) is 0 Å². The Balaban J connectivity index is 3.14. The number of halogens is 1. The van der Waals surface area contributed by atoms with Crippen LogP contribution in [0.15, 0.2) is 6.20 Å². The molecule has 43 valence electrons. The molecule has 0 aliphatic carbocycles. The normalized spacial score (nSPS) is 9.88. The summed E-state index contributed by atoms with van der Waals surface area (Å²) >= 11 is 5.58. The van der Waals surface area contributed by atoms with Crippen LogP contribution in [0.2, 0.25) is 5.02 Å². The van der Waals surface area contributed by atoms with Crippen LogP contribution in [0.5, 0.6) is 0 Å². The van der Waals surface area contributed by atoms with Gasteiger partial charge < -0.3 is 0 Å². The second-order valence-corrected chi connectivity index (χ2v) is 2.00. The van der Waals surface area contributed by atoms with Gasteiger partial charge >= 0.3 is 0 Å². The fraction of sp³-hybridized carbons (Fsp3) is 0.200.